The fourth-order valence-electron chi connectivity index (χ4n) is 3.01. The SMILES string of the molecule is COBNc1cccc(CNc2cc(-c3ccccc3Cl)nc3c(Br)cnn23)c1. The van der Waals surface area contributed by atoms with E-state index in [1.54, 1.807) is 17.8 Å². The molecule has 4 rings (SSSR count). The lowest BCUT2D eigenvalue weighted by molar-refractivity contribution is 0.446. The van der Waals surface area contributed by atoms with E-state index in [0.29, 0.717) is 19.2 Å². The van der Waals surface area contributed by atoms with Crippen LogP contribution >= 0.6 is 27.5 Å². The number of rotatable bonds is 7. The summed E-state index contributed by atoms with van der Waals surface area (Å²) in [4.78, 5) is 4.73. The van der Waals surface area contributed by atoms with Gasteiger partial charge in [0.1, 0.15) is 5.82 Å². The van der Waals surface area contributed by atoms with Gasteiger partial charge in [-0.2, -0.15) is 9.61 Å². The van der Waals surface area contributed by atoms with Crippen LogP contribution in [0.5, 0.6) is 0 Å². The zero-order valence-electron chi connectivity index (χ0n) is 15.7. The Kier molecular flexibility index (Phi) is 6.04. The fraction of sp³-hybridized carbons (Fsp3) is 0.100. The third-order valence-corrected chi connectivity index (χ3v) is 5.29. The third-order valence-electron chi connectivity index (χ3n) is 4.40. The Morgan fingerprint density at radius 2 is 2.03 bits per heavy atom. The molecular formula is C20H18BBrClN5O. The predicted octanol–water partition coefficient (Wildman–Crippen LogP) is 4.75. The highest BCUT2D eigenvalue weighted by molar-refractivity contribution is 9.10. The molecule has 2 aromatic carbocycles. The number of aromatic nitrogens is 3. The highest BCUT2D eigenvalue weighted by Crippen LogP contribution is 2.30. The topological polar surface area (TPSA) is 63.5 Å². The smallest absolute Gasteiger partial charge is 0.393 e. The molecule has 0 saturated heterocycles. The molecule has 4 aromatic rings. The van der Waals surface area contributed by atoms with Crippen molar-refractivity contribution in [3.05, 3.63) is 75.9 Å². The van der Waals surface area contributed by atoms with E-state index < -0.39 is 0 Å². The maximum atomic E-state index is 6.40. The van der Waals surface area contributed by atoms with E-state index in [-0.39, 0.29) is 0 Å². The minimum Gasteiger partial charge on any atom is -0.422 e. The molecule has 146 valence electrons. The number of halogens is 2. The minimum absolute atomic E-state index is 0.463. The second kappa shape index (κ2) is 8.86. The van der Waals surface area contributed by atoms with Gasteiger partial charge >= 0.3 is 7.62 Å². The monoisotopic (exact) mass is 469 g/mol. The Hall–Kier alpha value is -2.55. The normalized spacial score (nSPS) is 10.9. The van der Waals surface area contributed by atoms with Gasteiger partial charge in [0.15, 0.2) is 5.65 Å². The van der Waals surface area contributed by atoms with Crippen molar-refractivity contribution < 1.29 is 4.65 Å². The van der Waals surface area contributed by atoms with Crippen molar-refractivity contribution in [3.8, 4) is 11.3 Å². The lowest BCUT2D eigenvalue weighted by atomic mass is 10.1. The van der Waals surface area contributed by atoms with E-state index in [2.05, 4.69) is 43.7 Å². The molecule has 0 atom stereocenters. The Labute approximate surface area is 182 Å². The van der Waals surface area contributed by atoms with Crippen LogP contribution in [0.3, 0.4) is 0 Å². The van der Waals surface area contributed by atoms with Crippen molar-refractivity contribution >= 4 is 52.3 Å². The molecule has 0 aliphatic rings. The maximum absolute atomic E-state index is 6.40. The van der Waals surface area contributed by atoms with Crippen LogP contribution in [-0.4, -0.2) is 29.3 Å². The minimum atomic E-state index is 0.463. The van der Waals surface area contributed by atoms with Gasteiger partial charge in [-0.25, -0.2) is 4.98 Å². The number of hydrogen-bond acceptors (Lipinski definition) is 5. The number of fused-ring (bicyclic) bond motifs is 1. The fourth-order valence-corrected chi connectivity index (χ4v) is 3.59. The lowest BCUT2D eigenvalue weighted by Gasteiger charge is -2.12. The van der Waals surface area contributed by atoms with Crippen molar-refractivity contribution in [2.24, 2.45) is 0 Å². The quantitative estimate of drug-likeness (QED) is 0.382. The summed E-state index contributed by atoms with van der Waals surface area (Å²) < 4.78 is 7.66. The molecule has 0 aliphatic heterocycles. The van der Waals surface area contributed by atoms with Crippen LogP contribution < -0.4 is 10.5 Å². The van der Waals surface area contributed by atoms with Gasteiger partial charge in [0.2, 0.25) is 0 Å². The number of hydrogen-bond donors (Lipinski definition) is 2. The van der Waals surface area contributed by atoms with Crippen molar-refractivity contribution in [2.45, 2.75) is 6.54 Å². The summed E-state index contributed by atoms with van der Waals surface area (Å²) in [6, 6.07) is 17.8. The molecule has 6 nitrogen and oxygen atoms in total. The molecule has 0 bridgehead atoms. The summed E-state index contributed by atoms with van der Waals surface area (Å²) in [5, 5.41) is 11.8. The van der Waals surface area contributed by atoms with Gasteiger partial charge in [-0.1, -0.05) is 41.9 Å². The van der Waals surface area contributed by atoms with Crippen molar-refractivity contribution in [1.29, 1.82) is 0 Å². The molecule has 0 unspecified atom stereocenters. The first-order valence-corrected chi connectivity index (χ1v) is 10.2. The Morgan fingerprint density at radius 1 is 1.17 bits per heavy atom. The first-order chi connectivity index (χ1) is 14.2. The average Bonchev–Trinajstić information content (AvgIpc) is 3.12. The van der Waals surface area contributed by atoms with Crippen LogP contribution in [-0.2, 0) is 11.2 Å². The Bertz CT molecular complexity index is 1150. The van der Waals surface area contributed by atoms with E-state index in [0.717, 1.165) is 38.4 Å². The summed E-state index contributed by atoms with van der Waals surface area (Å²) >= 11 is 9.93. The number of benzene rings is 2. The summed E-state index contributed by atoms with van der Waals surface area (Å²) in [6.45, 7) is 0.626. The third kappa shape index (κ3) is 4.39. The molecule has 2 aromatic heterocycles. The van der Waals surface area contributed by atoms with E-state index in [1.165, 1.54) is 0 Å². The van der Waals surface area contributed by atoms with Gasteiger partial charge in [0.25, 0.3) is 0 Å². The van der Waals surface area contributed by atoms with Crippen LogP contribution in [0.25, 0.3) is 16.9 Å². The molecule has 0 amide bonds. The largest absolute Gasteiger partial charge is 0.422 e. The zero-order valence-corrected chi connectivity index (χ0v) is 18.0. The molecule has 0 fully saturated rings. The van der Waals surface area contributed by atoms with Gasteiger partial charge in [-0.3, -0.25) is 0 Å². The summed E-state index contributed by atoms with van der Waals surface area (Å²) in [5.41, 5.74) is 4.51. The van der Waals surface area contributed by atoms with Crippen LogP contribution in [0.1, 0.15) is 5.56 Å². The van der Waals surface area contributed by atoms with Crippen molar-refractivity contribution in [2.75, 3.05) is 17.7 Å². The molecule has 0 radical (unpaired) electrons. The standard InChI is InChI=1S/C20H18BBrClN5O/c1-29-21-27-14-6-4-5-13(9-14)11-24-19-10-18(15-7-2-3-8-17(15)23)26-20-16(22)12-25-28(19)20/h2-10,12,21,24,27H,11H2,1H3. The number of anilines is 2. The first-order valence-electron chi connectivity index (χ1n) is 9.00. The average molecular weight is 471 g/mol. The zero-order chi connectivity index (χ0) is 20.2. The molecule has 29 heavy (non-hydrogen) atoms. The first kappa shape index (κ1) is 19.8. The lowest BCUT2D eigenvalue weighted by Crippen LogP contribution is -2.09. The molecule has 2 N–H and O–H groups in total. The van der Waals surface area contributed by atoms with E-state index in [1.807, 2.05) is 42.5 Å². The van der Waals surface area contributed by atoms with Gasteiger partial charge in [-0.05, 0) is 39.7 Å². The molecule has 0 spiro atoms. The van der Waals surface area contributed by atoms with Crippen LogP contribution in [0.15, 0.2) is 65.3 Å². The summed E-state index contributed by atoms with van der Waals surface area (Å²) in [7, 11) is 2.12. The molecule has 0 aliphatic carbocycles. The predicted molar refractivity (Wildman–Crippen MR) is 123 cm³/mol. The van der Waals surface area contributed by atoms with Gasteiger partial charge in [0, 0.05) is 36.0 Å². The van der Waals surface area contributed by atoms with Gasteiger partial charge in [-0.15, -0.1) is 0 Å². The molecule has 2 heterocycles. The van der Waals surface area contributed by atoms with E-state index in [4.69, 9.17) is 21.2 Å². The Morgan fingerprint density at radius 3 is 2.86 bits per heavy atom. The van der Waals surface area contributed by atoms with Crippen LogP contribution in [0, 0.1) is 0 Å². The van der Waals surface area contributed by atoms with Crippen LogP contribution in [0.4, 0.5) is 11.5 Å². The molecule has 9 heteroatoms. The maximum Gasteiger partial charge on any atom is 0.393 e. The van der Waals surface area contributed by atoms with E-state index in [9.17, 15) is 0 Å². The van der Waals surface area contributed by atoms with Gasteiger partial charge < -0.3 is 15.2 Å². The molecule has 0 saturated carbocycles. The van der Waals surface area contributed by atoms with Gasteiger partial charge in [0.05, 0.1) is 16.4 Å². The number of nitrogens with zero attached hydrogens (tertiary/aromatic N) is 3. The summed E-state index contributed by atoms with van der Waals surface area (Å²) in [5.74, 6) is 0.825. The van der Waals surface area contributed by atoms with Crippen molar-refractivity contribution in [3.63, 3.8) is 0 Å². The highest BCUT2D eigenvalue weighted by Gasteiger charge is 2.13. The Balaban J connectivity index is 1.66. The second-order valence-corrected chi connectivity index (χ2v) is 7.66. The van der Waals surface area contributed by atoms with Crippen molar-refractivity contribution in [1.82, 2.24) is 14.6 Å². The highest BCUT2D eigenvalue weighted by atomic mass is 79.9. The summed E-state index contributed by atoms with van der Waals surface area (Å²) in [6.07, 6.45) is 1.74. The van der Waals surface area contributed by atoms with E-state index >= 15 is 0 Å². The second-order valence-electron chi connectivity index (χ2n) is 6.40. The van der Waals surface area contributed by atoms with Crippen LogP contribution in [0.2, 0.25) is 5.02 Å². The molecular weight excluding hydrogens is 452 g/mol. The number of nitrogens with one attached hydrogen (secondary N) is 2.